The van der Waals surface area contributed by atoms with Crippen LogP contribution in [0.25, 0.3) is 0 Å². The van der Waals surface area contributed by atoms with E-state index < -0.39 is 5.97 Å². The highest BCUT2D eigenvalue weighted by atomic mass is 16.5. The fourth-order valence-corrected chi connectivity index (χ4v) is 1.96. The fraction of sp³-hybridized carbons (Fsp3) is 0.462. The predicted octanol–water partition coefficient (Wildman–Crippen LogP) is 0.961. The maximum atomic E-state index is 12.0. The lowest BCUT2D eigenvalue weighted by Crippen LogP contribution is -2.46. The molecule has 1 unspecified atom stereocenters. The second-order valence-electron chi connectivity index (χ2n) is 4.67. The second kappa shape index (κ2) is 6.33. The van der Waals surface area contributed by atoms with Crippen molar-refractivity contribution >= 4 is 17.7 Å². The number of urea groups is 1. The molecule has 1 atom stereocenters. The number of pyridine rings is 1. The summed E-state index contributed by atoms with van der Waals surface area (Å²) in [5.41, 5.74) is 0.999. The zero-order valence-electron chi connectivity index (χ0n) is 11.2. The zero-order chi connectivity index (χ0) is 14.5. The normalized spacial score (nSPS) is 18.6. The monoisotopic (exact) mass is 279 g/mol. The van der Waals surface area contributed by atoms with Crippen LogP contribution in [0.1, 0.15) is 12.6 Å². The Kier molecular flexibility index (Phi) is 4.52. The molecule has 1 aromatic rings. The first-order valence-electron chi connectivity index (χ1n) is 6.39. The molecule has 108 valence electrons. The number of amides is 2. The molecule has 0 radical (unpaired) electrons. The molecule has 1 saturated heterocycles. The average Bonchev–Trinajstić information content (AvgIpc) is 2.40. The van der Waals surface area contributed by atoms with E-state index in [4.69, 9.17) is 9.84 Å². The van der Waals surface area contributed by atoms with E-state index in [2.05, 4.69) is 10.3 Å². The summed E-state index contributed by atoms with van der Waals surface area (Å²) in [5.74, 6) is -0.934. The molecule has 1 fully saturated rings. The Hall–Kier alpha value is -2.15. The molecule has 0 aromatic carbocycles. The number of nitrogens with one attached hydrogen (secondary N) is 1. The molecule has 2 amide bonds. The number of anilines is 1. The van der Waals surface area contributed by atoms with Crippen molar-refractivity contribution in [2.45, 2.75) is 19.4 Å². The maximum absolute atomic E-state index is 12.0. The van der Waals surface area contributed by atoms with Gasteiger partial charge in [0.25, 0.3) is 0 Å². The predicted molar refractivity (Wildman–Crippen MR) is 71.6 cm³/mol. The van der Waals surface area contributed by atoms with Gasteiger partial charge in [0.15, 0.2) is 0 Å². The number of nitrogens with zero attached hydrogens (tertiary/aromatic N) is 2. The topological polar surface area (TPSA) is 91.8 Å². The first-order chi connectivity index (χ1) is 9.54. The summed E-state index contributed by atoms with van der Waals surface area (Å²) in [6.07, 6.45) is 1.36. The Balaban J connectivity index is 1.92. The number of morpholine rings is 1. The van der Waals surface area contributed by atoms with Gasteiger partial charge in [-0.25, -0.2) is 4.79 Å². The van der Waals surface area contributed by atoms with Crippen molar-refractivity contribution in [1.82, 2.24) is 9.88 Å². The van der Waals surface area contributed by atoms with Gasteiger partial charge in [-0.05, 0) is 19.1 Å². The van der Waals surface area contributed by atoms with Crippen LogP contribution in [-0.2, 0) is 16.0 Å². The number of aromatic nitrogens is 1. The van der Waals surface area contributed by atoms with Crippen LogP contribution in [0, 0.1) is 0 Å². The summed E-state index contributed by atoms with van der Waals surface area (Å²) >= 11 is 0. The molecule has 1 aliphatic heterocycles. The minimum absolute atomic E-state index is 0.0329. The summed E-state index contributed by atoms with van der Waals surface area (Å²) < 4.78 is 5.37. The van der Waals surface area contributed by atoms with E-state index in [1.165, 1.54) is 6.20 Å². The molecule has 7 heteroatoms. The Morgan fingerprint density at radius 1 is 1.55 bits per heavy atom. The number of ether oxygens (including phenoxy) is 1. The molecule has 1 aliphatic rings. The number of rotatable bonds is 3. The third-order valence-corrected chi connectivity index (χ3v) is 2.94. The smallest absolute Gasteiger partial charge is 0.322 e. The average molecular weight is 279 g/mol. The fourth-order valence-electron chi connectivity index (χ4n) is 1.96. The van der Waals surface area contributed by atoms with Crippen LogP contribution >= 0.6 is 0 Å². The largest absolute Gasteiger partial charge is 0.481 e. The van der Waals surface area contributed by atoms with Crippen LogP contribution in [0.2, 0.25) is 0 Å². The standard InChI is InChI=1S/C13H17N3O4/c1-9-8-16(4-5-20-9)13(19)15-11-3-2-10(14-7-11)6-12(17)18/h2-3,7,9H,4-6,8H2,1H3,(H,15,19)(H,17,18). The van der Waals surface area contributed by atoms with Gasteiger partial charge < -0.3 is 20.1 Å². The van der Waals surface area contributed by atoms with Gasteiger partial charge in [0.05, 0.1) is 36.7 Å². The summed E-state index contributed by atoms with van der Waals surface area (Å²) in [5, 5.41) is 11.4. The highest BCUT2D eigenvalue weighted by Gasteiger charge is 2.21. The number of aliphatic carboxylic acids is 1. The van der Waals surface area contributed by atoms with Crippen molar-refractivity contribution < 1.29 is 19.4 Å². The SMILES string of the molecule is CC1CN(C(=O)Nc2ccc(CC(=O)O)nc2)CCO1. The Bertz CT molecular complexity index is 489. The minimum Gasteiger partial charge on any atom is -0.481 e. The minimum atomic E-state index is -0.934. The van der Waals surface area contributed by atoms with Gasteiger partial charge in [0.2, 0.25) is 0 Å². The molecule has 2 N–H and O–H groups in total. The Morgan fingerprint density at radius 3 is 2.95 bits per heavy atom. The quantitative estimate of drug-likeness (QED) is 0.860. The summed E-state index contributed by atoms with van der Waals surface area (Å²) in [4.78, 5) is 28.2. The van der Waals surface area contributed by atoms with E-state index in [9.17, 15) is 9.59 Å². The van der Waals surface area contributed by atoms with Gasteiger partial charge in [0.1, 0.15) is 0 Å². The van der Waals surface area contributed by atoms with Crippen molar-refractivity contribution in [2.75, 3.05) is 25.0 Å². The molecule has 0 spiro atoms. The molecular formula is C13H17N3O4. The molecular weight excluding hydrogens is 262 g/mol. The highest BCUT2D eigenvalue weighted by Crippen LogP contribution is 2.10. The first kappa shape index (κ1) is 14.3. The van der Waals surface area contributed by atoms with Crippen molar-refractivity contribution in [2.24, 2.45) is 0 Å². The molecule has 0 aliphatic carbocycles. The van der Waals surface area contributed by atoms with Crippen LogP contribution in [-0.4, -0.2) is 52.8 Å². The van der Waals surface area contributed by atoms with E-state index in [1.807, 2.05) is 6.92 Å². The van der Waals surface area contributed by atoms with Gasteiger partial charge in [-0.1, -0.05) is 0 Å². The number of carboxylic acid groups (broad SMARTS) is 1. The molecule has 0 saturated carbocycles. The van der Waals surface area contributed by atoms with Crippen LogP contribution < -0.4 is 5.32 Å². The number of carbonyl (C=O) groups excluding carboxylic acids is 1. The van der Waals surface area contributed by atoms with E-state index in [0.717, 1.165) is 0 Å². The van der Waals surface area contributed by atoms with Crippen LogP contribution in [0.5, 0.6) is 0 Å². The van der Waals surface area contributed by atoms with Crippen molar-refractivity contribution in [3.8, 4) is 0 Å². The van der Waals surface area contributed by atoms with Gasteiger partial charge >= 0.3 is 12.0 Å². The summed E-state index contributed by atoms with van der Waals surface area (Å²) in [6.45, 7) is 3.56. The molecule has 20 heavy (non-hydrogen) atoms. The Labute approximate surface area is 116 Å². The van der Waals surface area contributed by atoms with Crippen molar-refractivity contribution in [3.63, 3.8) is 0 Å². The maximum Gasteiger partial charge on any atom is 0.322 e. The molecule has 7 nitrogen and oxygen atoms in total. The number of carbonyl (C=O) groups is 2. The summed E-state index contributed by atoms with van der Waals surface area (Å²) in [7, 11) is 0. The van der Waals surface area contributed by atoms with Gasteiger partial charge in [0, 0.05) is 13.1 Å². The van der Waals surface area contributed by atoms with E-state index in [1.54, 1.807) is 17.0 Å². The van der Waals surface area contributed by atoms with Crippen LogP contribution in [0.4, 0.5) is 10.5 Å². The number of hydrogen-bond acceptors (Lipinski definition) is 4. The van der Waals surface area contributed by atoms with Crippen molar-refractivity contribution in [3.05, 3.63) is 24.0 Å². The lowest BCUT2D eigenvalue weighted by Gasteiger charge is -2.31. The van der Waals surface area contributed by atoms with Crippen LogP contribution in [0.15, 0.2) is 18.3 Å². The first-order valence-corrected chi connectivity index (χ1v) is 6.39. The Morgan fingerprint density at radius 2 is 2.35 bits per heavy atom. The third kappa shape index (κ3) is 3.92. The highest BCUT2D eigenvalue weighted by molar-refractivity contribution is 5.89. The molecule has 2 rings (SSSR count). The van der Waals surface area contributed by atoms with Gasteiger partial charge in [-0.15, -0.1) is 0 Å². The molecule has 2 heterocycles. The van der Waals surface area contributed by atoms with Gasteiger partial charge in [-0.2, -0.15) is 0 Å². The van der Waals surface area contributed by atoms with E-state index >= 15 is 0 Å². The zero-order valence-corrected chi connectivity index (χ0v) is 11.2. The van der Waals surface area contributed by atoms with Crippen molar-refractivity contribution in [1.29, 1.82) is 0 Å². The lowest BCUT2D eigenvalue weighted by atomic mass is 10.2. The lowest BCUT2D eigenvalue weighted by molar-refractivity contribution is -0.136. The summed E-state index contributed by atoms with van der Waals surface area (Å²) in [6, 6.07) is 3.03. The van der Waals surface area contributed by atoms with E-state index in [-0.39, 0.29) is 18.6 Å². The second-order valence-corrected chi connectivity index (χ2v) is 4.67. The number of carboxylic acids is 1. The molecule has 0 bridgehead atoms. The van der Waals surface area contributed by atoms with Gasteiger partial charge in [-0.3, -0.25) is 9.78 Å². The van der Waals surface area contributed by atoms with Crippen LogP contribution in [0.3, 0.4) is 0 Å². The number of hydrogen-bond donors (Lipinski definition) is 2. The van der Waals surface area contributed by atoms with E-state index in [0.29, 0.717) is 31.1 Å². The third-order valence-electron chi connectivity index (χ3n) is 2.94. The molecule has 1 aromatic heterocycles.